The Morgan fingerprint density at radius 3 is 2.47 bits per heavy atom. The Balaban J connectivity index is 2.44. The lowest BCUT2D eigenvalue weighted by Crippen LogP contribution is -2.43. The van der Waals surface area contributed by atoms with E-state index in [0.717, 1.165) is 6.26 Å². The summed E-state index contributed by atoms with van der Waals surface area (Å²) in [6.07, 6.45) is 1.33. The van der Waals surface area contributed by atoms with E-state index in [1.165, 1.54) is 11.4 Å². The first-order chi connectivity index (χ1) is 8.95. The van der Waals surface area contributed by atoms with Gasteiger partial charge in [0.2, 0.25) is 15.9 Å². The summed E-state index contributed by atoms with van der Waals surface area (Å²) < 4.78 is 34.4. The molecule has 1 aliphatic rings. The van der Waals surface area contributed by atoms with Crippen LogP contribution in [-0.4, -0.2) is 82.9 Å². The first-order valence-electron chi connectivity index (χ1n) is 6.24. The molecule has 0 saturated carbocycles. The van der Waals surface area contributed by atoms with E-state index < -0.39 is 10.0 Å². The summed E-state index contributed by atoms with van der Waals surface area (Å²) in [4.78, 5) is 13.6. The van der Waals surface area contributed by atoms with Crippen molar-refractivity contribution in [1.29, 1.82) is 0 Å². The van der Waals surface area contributed by atoms with Gasteiger partial charge in [-0.25, -0.2) is 8.42 Å². The largest absolute Gasteiger partial charge is 0.383 e. The van der Waals surface area contributed by atoms with E-state index in [-0.39, 0.29) is 25.4 Å². The molecule has 1 rings (SSSR count). The zero-order valence-corrected chi connectivity index (χ0v) is 12.3. The van der Waals surface area contributed by atoms with Crippen molar-refractivity contribution in [1.82, 2.24) is 9.21 Å². The number of hydrogen-bond acceptors (Lipinski definition) is 5. The number of amides is 1. The number of sulfonamides is 1. The molecule has 1 heterocycles. The van der Waals surface area contributed by atoms with Crippen LogP contribution in [0.4, 0.5) is 0 Å². The Bertz CT molecular complexity index is 379. The first-order valence-corrected chi connectivity index (χ1v) is 8.09. The number of rotatable bonds is 7. The minimum absolute atomic E-state index is 0.0330. The average Bonchev–Trinajstić information content (AvgIpc) is 2.38. The van der Waals surface area contributed by atoms with Gasteiger partial charge in [0, 0.05) is 39.7 Å². The third kappa shape index (κ3) is 5.85. The van der Waals surface area contributed by atoms with Gasteiger partial charge in [-0.15, -0.1) is 0 Å². The Kier molecular flexibility index (Phi) is 6.70. The summed E-state index contributed by atoms with van der Waals surface area (Å²) in [7, 11) is -1.79. The molecule has 0 aromatic heterocycles. The maximum Gasteiger partial charge on any atom is 0.224 e. The summed E-state index contributed by atoms with van der Waals surface area (Å²) in [6.45, 7) is 3.03. The molecule has 1 fully saturated rings. The standard InChI is InChI=1S/C11H22N2O5S/c1-17-8-7-13(19(2,15)16)4-3-11(14)12-5-9-18-10-6-12/h3-10H2,1-2H3. The van der Waals surface area contributed by atoms with Gasteiger partial charge >= 0.3 is 0 Å². The molecule has 7 nitrogen and oxygen atoms in total. The van der Waals surface area contributed by atoms with Crippen molar-refractivity contribution < 1.29 is 22.7 Å². The van der Waals surface area contributed by atoms with Crippen molar-refractivity contribution in [2.45, 2.75) is 6.42 Å². The van der Waals surface area contributed by atoms with Crippen LogP contribution in [0.25, 0.3) is 0 Å². The molecule has 0 atom stereocenters. The van der Waals surface area contributed by atoms with E-state index in [1.807, 2.05) is 0 Å². The van der Waals surface area contributed by atoms with Crippen LogP contribution in [0.5, 0.6) is 0 Å². The van der Waals surface area contributed by atoms with Crippen LogP contribution in [0.2, 0.25) is 0 Å². The number of carbonyl (C=O) groups is 1. The van der Waals surface area contributed by atoms with Gasteiger partial charge in [-0.1, -0.05) is 0 Å². The normalized spacial score (nSPS) is 16.9. The van der Waals surface area contributed by atoms with Crippen molar-refractivity contribution in [2.75, 3.05) is 59.4 Å². The Hall–Kier alpha value is -0.700. The molecule has 0 bridgehead atoms. The second-order valence-electron chi connectivity index (χ2n) is 4.40. The lowest BCUT2D eigenvalue weighted by Gasteiger charge is -2.28. The second-order valence-corrected chi connectivity index (χ2v) is 6.38. The fourth-order valence-corrected chi connectivity index (χ4v) is 2.66. The Morgan fingerprint density at radius 2 is 1.95 bits per heavy atom. The molecule has 0 aliphatic carbocycles. The highest BCUT2D eigenvalue weighted by Gasteiger charge is 2.21. The lowest BCUT2D eigenvalue weighted by molar-refractivity contribution is -0.135. The molecule has 19 heavy (non-hydrogen) atoms. The Morgan fingerprint density at radius 1 is 1.32 bits per heavy atom. The molecule has 0 spiro atoms. The van der Waals surface area contributed by atoms with E-state index >= 15 is 0 Å². The molecule has 0 radical (unpaired) electrons. The van der Waals surface area contributed by atoms with Crippen LogP contribution in [0.15, 0.2) is 0 Å². The molecule has 0 unspecified atom stereocenters. The molecule has 1 amide bonds. The number of morpholine rings is 1. The number of carbonyl (C=O) groups excluding carboxylic acids is 1. The predicted molar refractivity (Wildman–Crippen MR) is 70.3 cm³/mol. The van der Waals surface area contributed by atoms with Crippen molar-refractivity contribution in [3.05, 3.63) is 0 Å². The molecule has 0 aromatic rings. The summed E-state index contributed by atoms with van der Waals surface area (Å²) >= 11 is 0. The number of methoxy groups -OCH3 is 1. The molecule has 112 valence electrons. The van der Waals surface area contributed by atoms with Gasteiger partial charge in [0.05, 0.1) is 26.1 Å². The maximum atomic E-state index is 11.9. The molecule has 1 aliphatic heterocycles. The highest BCUT2D eigenvalue weighted by atomic mass is 32.2. The zero-order chi connectivity index (χ0) is 14.3. The molecule has 0 N–H and O–H groups in total. The molecule has 8 heteroatoms. The summed E-state index contributed by atoms with van der Waals surface area (Å²) in [6, 6.07) is 0. The van der Waals surface area contributed by atoms with Crippen LogP contribution >= 0.6 is 0 Å². The maximum absolute atomic E-state index is 11.9. The molecular weight excluding hydrogens is 272 g/mol. The SMILES string of the molecule is COCCN(CCC(=O)N1CCOCC1)S(C)(=O)=O. The summed E-state index contributed by atoms with van der Waals surface area (Å²) in [5.74, 6) is -0.0330. The number of hydrogen-bond donors (Lipinski definition) is 0. The van der Waals surface area contributed by atoms with E-state index in [0.29, 0.717) is 32.9 Å². The van der Waals surface area contributed by atoms with E-state index in [2.05, 4.69) is 0 Å². The van der Waals surface area contributed by atoms with Gasteiger partial charge in [-0.3, -0.25) is 4.79 Å². The fraction of sp³-hybridized carbons (Fsp3) is 0.909. The van der Waals surface area contributed by atoms with Crippen molar-refractivity contribution in [2.24, 2.45) is 0 Å². The van der Waals surface area contributed by atoms with Crippen molar-refractivity contribution in [3.8, 4) is 0 Å². The van der Waals surface area contributed by atoms with Crippen LogP contribution in [0, 0.1) is 0 Å². The predicted octanol–water partition coefficient (Wildman–Crippen LogP) is -0.857. The van der Waals surface area contributed by atoms with Gasteiger partial charge in [-0.05, 0) is 0 Å². The van der Waals surface area contributed by atoms with Crippen LogP contribution in [0.1, 0.15) is 6.42 Å². The van der Waals surface area contributed by atoms with Gasteiger partial charge in [0.1, 0.15) is 0 Å². The fourth-order valence-electron chi connectivity index (χ4n) is 1.83. The van der Waals surface area contributed by atoms with Crippen molar-refractivity contribution in [3.63, 3.8) is 0 Å². The van der Waals surface area contributed by atoms with E-state index in [1.54, 1.807) is 4.90 Å². The molecule has 1 saturated heterocycles. The highest BCUT2D eigenvalue weighted by molar-refractivity contribution is 7.88. The summed E-state index contributed by atoms with van der Waals surface area (Å²) in [5.41, 5.74) is 0. The van der Waals surface area contributed by atoms with Gasteiger partial charge in [0.15, 0.2) is 0 Å². The van der Waals surface area contributed by atoms with E-state index in [9.17, 15) is 13.2 Å². The third-order valence-corrected chi connectivity index (χ3v) is 4.26. The highest BCUT2D eigenvalue weighted by Crippen LogP contribution is 2.04. The van der Waals surface area contributed by atoms with E-state index in [4.69, 9.17) is 9.47 Å². The second kappa shape index (κ2) is 7.78. The quantitative estimate of drug-likeness (QED) is 0.611. The van der Waals surface area contributed by atoms with Gasteiger partial charge in [-0.2, -0.15) is 4.31 Å². The van der Waals surface area contributed by atoms with Gasteiger partial charge in [0.25, 0.3) is 0 Å². The zero-order valence-electron chi connectivity index (χ0n) is 11.5. The monoisotopic (exact) mass is 294 g/mol. The molecule has 0 aromatic carbocycles. The van der Waals surface area contributed by atoms with Crippen molar-refractivity contribution >= 4 is 15.9 Å². The smallest absolute Gasteiger partial charge is 0.224 e. The lowest BCUT2D eigenvalue weighted by atomic mass is 10.3. The first kappa shape index (κ1) is 16.4. The minimum atomic E-state index is -3.31. The topological polar surface area (TPSA) is 76.2 Å². The summed E-state index contributed by atoms with van der Waals surface area (Å²) in [5, 5.41) is 0. The minimum Gasteiger partial charge on any atom is -0.383 e. The Labute approximate surface area is 114 Å². The number of nitrogens with zero attached hydrogens (tertiary/aromatic N) is 2. The van der Waals surface area contributed by atoms with Crippen LogP contribution in [-0.2, 0) is 24.3 Å². The molecular formula is C11H22N2O5S. The average molecular weight is 294 g/mol. The van der Waals surface area contributed by atoms with Crippen LogP contribution in [0.3, 0.4) is 0 Å². The van der Waals surface area contributed by atoms with Gasteiger partial charge < -0.3 is 14.4 Å². The number of ether oxygens (including phenoxy) is 2. The third-order valence-electron chi connectivity index (χ3n) is 2.95. The van der Waals surface area contributed by atoms with Crippen LogP contribution < -0.4 is 0 Å².